The van der Waals surface area contributed by atoms with Gasteiger partial charge in [0.25, 0.3) is 5.91 Å². The quantitative estimate of drug-likeness (QED) is 0.376. The van der Waals surface area contributed by atoms with Crippen molar-refractivity contribution < 1.29 is 4.79 Å². The lowest BCUT2D eigenvalue weighted by Gasteiger charge is -2.24. The molecule has 4 rings (SSSR count). The Morgan fingerprint density at radius 2 is 2.00 bits per heavy atom. The maximum Gasteiger partial charge on any atom is 0.253 e. The molecule has 0 aliphatic heterocycles. The second kappa shape index (κ2) is 10.5. The number of hydrogen-bond acceptors (Lipinski definition) is 3. The molecule has 4 nitrogen and oxygen atoms in total. The monoisotopic (exact) mass is 449 g/mol. The summed E-state index contributed by atoms with van der Waals surface area (Å²) in [4.78, 5) is 18.0. The van der Waals surface area contributed by atoms with Gasteiger partial charge < -0.3 is 9.88 Å². The van der Waals surface area contributed by atoms with Crippen LogP contribution in [0, 0.1) is 19.8 Å². The van der Waals surface area contributed by atoms with Gasteiger partial charge in [-0.05, 0) is 51.2 Å². The normalized spacial score (nSPS) is 14.6. The molecule has 1 amide bonds. The van der Waals surface area contributed by atoms with Crippen LogP contribution < -0.4 is 5.32 Å². The summed E-state index contributed by atoms with van der Waals surface area (Å²) in [6.45, 7) is 8.05. The number of benzene rings is 1. The van der Waals surface area contributed by atoms with Gasteiger partial charge >= 0.3 is 0 Å². The Morgan fingerprint density at radius 1 is 1.19 bits per heavy atom. The van der Waals surface area contributed by atoms with E-state index in [9.17, 15) is 4.79 Å². The maximum atomic E-state index is 13.0. The maximum absolute atomic E-state index is 13.0. The molecule has 1 fully saturated rings. The summed E-state index contributed by atoms with van der Waals surface area (Å²) in [5.74, 6) is 0.716. The van der Waals surface area contributed by atoms with E-state index < -0.39 is 0 Å². The molecule has 1 aromatic carbocycles. The first kappa shape index (κ1) is 22.8. The molecule has 1 saturated carbocycles. The van der Waals surface area contributed by atoms with Crippen LogP contribution in [-0.2, 0) is 6.54 Å². The van der Waals surface area contributed by atoms with Crippen LogP contribution in [0.15, 0.2) is 35.7 Å². The fourth-order valence-corrected chi connectivity index (χ4v) is 5.54. The summed E-state index contributed by atoms with van der Waals surface area (Å²) in [6.07, 6.45) is 8.63. The van der Waals surface area contributed by atoms with Crippen LogP contribution >= 0.6 is 11.3 Å². The minimum atomic E-state index is 0.0359. The average Bonchev–Trinajstić information content (AvgIpc) is 3.40. The van der Waals surface area contributed by atoms with Gasteiger partial charge in [-0.15, -0.1) is 11.3 Å². The van der Waals surface area contributed by atoms with Gasteiger partial charge in [0.1, 0.15) is 5.01 Å². The van der Waals surface area contributed by atoms with Crippen molar-refractivity contribution >= 4 is 17.2 Å². The molecule has 0 atom stereocenters. The molecule has 2 heterocycles. The van der Waals surface area contributed by atoms with E-state index in [2.05, 4.69) is 66.4 Å². The molecule has 5 heteroatoms. The molecule has 3 aromatic rings. The highest BCUT2D eigenvalue weighted by atomic mass is 32.1. The van der Waals surface area contributed by atoms with Gasteiger partial charge in [-0.25, -0.2) is 4.98 Å². The molecule has 0 bridgehead atoms. The minimum absolute atomic E-state index is 0.0359. The highest BCUT2D eigenvalue weighted by Crippen LogP contribution is 2.34. The van der Waals surface area contributed by atoms with Crippen LogP contribution in [0.25, 0.3) is 22.0 Å². The van der Waals surface area contributed by atoms with Crippen molar-refractivity contribution in [2.75, 3.05) is 6.54 Å². The molecule has 1 aliphatic carbocycles. The summed E-state index contributed by atoms with van der Waals surface area (Å²) in [5, 5.41) is 6.27. The largest absolute Gasteiger partial charge is 0.352 e. The topological polar surface area (TPSA) is 46.9 Å². The zero-order chi connectivity index (χ0) is 22.5. The van der Waals surface area contributed by atoms with Crippen LogP contribution in [-0.4, -0.2) is 22.0 Å². The Kier molecular flexibility index (Phi) is 7.46. The van der Waals surface area contributed by atoms with Crippen molar-refractivity contribution in [3.63, 3.8) is 0 Å². The molecule has 1 N–H and O–H groups in total. The van der Waals surface area contributed by atoms with E-state index >= 15 is 0 Å². The van der Waals surface area contributed by atoms with Gasteiger partial charge in [0.15, 0.2) is 0 Å². The fraction of sp³-hybridized carbons (Fsp3) is 0.481. The van der Waals surface area contributed by atoms with Gasteiger partial charge in [-0.3, -0.25) is 4.79 Å². The average molecular weight is 450 g/mol. The van der Waals surface area contributed by atoms with E-state index in [4.69, 9.17) is 4.98 Å². The summed E-state index contributed by atoms with van der Waals surface area (Å²) < 4.78 is 2.36. The van der Waals surface area contributed by atoms with Gasteiger partial charge in [0, 0.05) is 29.7 Å². The Hall–Kier alpha value is -2.40. The van der Waals surface area contributed by atoms with Gasteiger partial charge in [-0.1, -0.05) is 56.4 Å². The minimum Gasteiger partial charge on any atom is -0.352 e. The molecule has 0 unspecified atom stereocenters. The number of unbranched alkanes of at least 4 members (excludes halogenated alkanes) is 1. The number of nitrogens with one attached hydrogen (secondary N) is 1. The predicted molar refractivity (Wildman–Crippen MR) is 134 cm³/mol. The van der Waals surface area contributed by atoms with Crippen LogP contribution in [0.3, 0.4) is 0 Å². The summed E-state index contributed by atoms with van der Waals surface area (Å²) >= 11 is 1.68. The zero-order valence-electron chi connectivity index (χ0n) is 19.6. The molecule has 0 saturated heterocycles. The first-order valence-corrected chi connectivity index (χ1v) is 13.0. The first-order valence-electron chi connectivity index (χ1n) is 12.1. The van der Waals surface area contributed by atoms with E-state index in [1.807, 2.05) is 0 Å². The molecular formula is C27H35N3OS. The Labute approximate surface area is 196 Å². The van der Waals surface area contributed by atoms with Crippen LogP contribution in [0.5, 0.6) is 0 Å². The standard InChI is InChI=1S/C27H35N3OS/c1-4-5-14-28-26(31)23-16-25(30(20(23)3)17-21-11-7-6-8-12-21)24-18-32-27(29-24)22-13-9-10-19(2)15-22/h9-10,13,15-16,18,21H,4-8,11-12,14,17H2,1-3H3,(H,28,31). The number of aryl methyl sites for hydroxylation is 1. The molecule has 32 heavy (non-hydrogen) atoms. The number of nitrogens with zero attached hydrogens (tertiary/aromatic N) is 2. The lowest BCUT2D eigenvalue weighted by atomic mass is 9.89. The Bertz CT molecular complexity index is 1060. The van der Waals surface area contributed by atoms with E-state index in [1.165, 1.54) is 37.7 Å². The van der Waals surface area contributed by atoms with Gasteiger partial charge in [0.05, 0.1) is 17.0 Å². The van der Waals surface area contributed by atoms with E-state index in [1.54, 1.807) is 11.3 Å². The van der Waals surface area contributed by atoms with Gasteiger partial charge in [-0.2, -0.15) is 0 Å². The smallest absolute Gasteiger partial charge is 0.253 e. The Balaban J connectivity index is 1.67. The number of hydrogen-bond donors (Lipinski definition) is 1. The summed E-state index contributed by atoms with van der Waals surface area (Å²) in [7, 11) is 0. The predicted octanol–water partition coefficient (Wildman–Crippen LogP) is 7.01. The van der Waals surface area contributed by atoms with E-state index in [-0.39, 0.29) is 5.91 Å². The second-order valence-electron chi connectivity index (χ2n) is 9.16. The van der Waals surface area contributed by atoms with Crippen LogP contribution in [0.2, 0.25) is 0 Å². The highest BCUT2D eigenvalue weighted by molar-refractivity contribution is 7.13. The summed E-state index contributed by atoms with van der Waals surface area (Å²) in [6, 6.07) is 10.6. The van der Waals surface area contributed by atoms with Crippen LogP contribution in [0.4, 0.5) is 0 Å². The highest BCUT2D eigenvalue weighted by Gasteiger charge is 2.23. The SMILES string of the molecule is CCCCNC(=O)c1cc(-c2csc(-c3cccc(C)c3)n2)n(CC2CCCCC2)c1C. The molecule has 2 aromatic heterocycles. The number of carbonyl (C=O) groups is 1. The molecule has 170 valence electrons. The number of aromatic nitrogens is 2. The third-order valence-electron chi connectivity index (χ3n) is 6.62. The van der Waals surface area contributed by atoms with Crippen molar-refractivity contribution in [3.8, 4) is 22.0 Å². The van der Waals surface area contributed by atoms with Crippen molar-refractivity contribution in [2.45, 2.75) is 72.3 Å². The summed E-state index contributed by atoms with van der Waals surface area (Å²) in [5.41, 5.74) is 6.28. The van der Waals surface area contributed by atoms with Gasteiger partial charge in [0.2, 0.25) is 0 Å². The second-order valence-corrected chi connectivity index (χ2v) is 10.0. The lowest BCUT2D eigenvalue weighted by Crippen LogP contribution is -2.25. The Morgan fingerprint density at radius 3 is 2.75 bits per heavy atom. The zero-order valence-corrected chi connectivity index (χ0v) is 20.4. The number of thiazole rings is 1. The van der Waals surface area contributed by atoms with Crippen molar-refractivity contribution in [1.82, 2.24) is 14.9 Å². The van der Waals surface area contributed by atoms with Crippen molar-refractivity contribution in [1.29, 1.82) is 0 Å². The number of carbonyl (C=O) groups excluding carboxylic acids is 1. The molecule has 0 spiro atoms. The van der Waals surface area contributed by atoms with E-state index in [0.29, 0.717) is 5.92 Å². The van der Waals surface area contributed by atoms with Crippen LogP contribution in [0.1, 0.15) is 73.5 Å². The first-order chi connectivity index (χ1) is 15.6. The third kappa shape index (κ3) is 5.15. The molecular weight excluding hydrogens is 414 g/mol. The molecule has 1 aliphatic rings. The van der Waals surface area contributed by atoms with E-state index in [0.717, 1.165) is 59.1 Å². The van der Waals surface area contributed by atoms with Crippen molar-refractivity contribution in [2.24, 2.45) is 5.92 Å². The number of amides is 1. The third-order valence-corrected chi connectivity index (χ3v) is 7.52. The van der Waals surface area contributed by atoms with Crippen molar-refractivity contribution in [3.05, 3.63) is 52.5 Å². The number of rotatable bonds is 8. The fourth-order valence-electron chi connectivity index (χ4n) is 4.73. The molecule has 0 radical (unpaired) electrons. The lowest BCUT2D eigenvalue weighted by molar-refractivity contribution is 0.0952.